The second-order valence-electron chi connectivity index (χ2n) is 4.72. The molecule has 22 heavy (non-hydrogen) atoms. The maximum atomic E-state index is 12.2. The van der Waals surface area contributed by atoms with Crippen LogP contribution in [0.4, 0.5) is 0 Å². The molecule has 0 spiro atoms. The van der Waals surface area contributed by atoms with Crippen molar-refractivity contribution < 1.29 is 4.79 Å². The molecule has 1 N–H and O–H groups in total. The van der Waals surface area contributed by atoms with Gasteiger partial charge in [0, 0.05) is 11.6 Å². The molecule has 2 aromatic heterocycles. The SMILES string of the molecule is O=C(Cn1cnc2sccc2c1=O)NCc1cccc(Cl)c1. The van der Waals surface area contributed by atoms with E-state index in [1.807, 2.05) is 17.5 Å². The smallest absolute Gasteiger partial charge is 0.262 e. The molecule has 0 fully saturated rings. The highest BCUT2D eigenvalue weighted by Crippen LogP contribution is 2.13. The summed E-state index contributed by atoms with van der Waals surface area (Å²) < 4.78 is 1.31. The lowest BCUT2D eigenvalue weighted by Crippen LogP contribution is -2.32. The molecule has 0 bridgehead atoms. The number of amides is 1. The Morgan fingerprint density at radius 2 is 2.23 bits per heavy atom. The van der Waals surface area contributed by atoms with E-state index < -0.39 is 0 Å². The number of carbonyl (C=O) groups is 1. The van der Waals surface area contributed by atoms with Gasteiger partial charge in [-0.25, -0.2) is 4.98 Å². The highest BCUT2D eigenvalue weighted by molar-refractivity contribution is 7.16. The van der Waals surface area contributed by atoms with Gasteiger partial charge in [-0.1, -0.05) is 23.7 Å². The second kappa shape index (κ2) is 6.29. The molecule has 7 heteroatoms. The van der Waals surface area contributed by atoms with Crippen molar-refractivity contribution in [3.8, 4) is 0 Å². The van der Waals surface area contributed by atoms with Gasteiger partial charge < -0.3 is 5.32 Å². The lowest BCUT2D eigenvalue weighted by atomic mass is 10.2. The minimum absolute atomic E-state index is 0.0574. The number of rotatable bonds is 4. The van der Waals surface area contributed by atoms with E-state index in [-0.39, 0.29) is 18.0 Å². The van der Waals surface area contributed by atoms with Crippen molar-refractivity contribution in [2.24, 2.45) is 0 Å². The van der Waals surface area contributed by atoms with Gasteiger partial charge in [0.2, 0.25) is 5.91 Å². The third-order valence-corrected chi connectivity index (χ3v) is 4.20. The first-order valence-corrected chi connectivity index (χ1v) is 7.83. The van der Waals surface area contributed by atoms with E-state index in [0.29, 0.717) is 21.8 Å². The zero-order valence-electron chi connectivity index (χ0n) is 11.5. The van der Waals surface area contributed by atoms with Crippen molar-refractivity contribution in [1.29, 1.82) is 0 Å². The fourth-order valence-corrected chi connectivity index (χ4v) is 3.00. The summed E-state index contributed by atoms with van der Waals surface area (Å²) in [6, 6.07) is 8.97. The lowest BCUT2D eigenvalue weighted by molar-refractivity contribution is -0.121. The standard InChI is InChI=1S/C15H12ClN3O2S/c16-11-3-1-2-10(6-11)7-17-13(20)8-19-9-18-14-12(15(19)21)4-5-22-14/h1-6,9H,7-8H2,(H,17,20). The van der Waals surface area contributed by atoms with E-state index in [4.69, 9.17) is 11.6 Å². The monoisotopic (exact) mass is 333 g/mol. The number of fused-ring (bicyclic) bond motifs is 1. The van der Waals surface area contributed by atoms with Gasteiger partial charge >= 0.3 is 0 Å². The van der Waals surface area contributed by atoms with Crippen LogP contribution < -0.4 is 10.9 Å². The van der Waals surface area contributed by atoms with Crippen LogP contribution in [0.15, 0.2) is 46.8 Å². The van der Waals surface area contributed by atoms with E-state index >= 15 is 0 Å². The van der Waals surface area contributed by atoms with Crippen LogP contribution in [0.25, 0.3) is 10.2 Å². The maximum absolute atomic E-state index is 12.2. The average Bonchev–Trinajstić information content (AvgIpc) is 2.98. The number of aromatic nitrogens is 2. The molecule has 0 saturated heterocycles. The maximum Gasteiger partial charge on any atom is 0.262 e. The minimum Gasteiger partial charge on any atom is -0.350 e. The Balaban J connectivity index is 1.68. The Hall–Kier alpha value is -2.18. The summed E-state index contributed by atoms with van der Waals surface area (Å²) in [5, 5.41) is 5.73. The number of nitrogens with zero attached hydrogens (tertiary/aromatic N) is 2. The molecule has 1 amide bonds. The molecule has 0 atom stereocenters. The molecule has 2 heterocycles. The molecule has 0 aliphatic carbocycles. The van der Waals surface area contributed by atoms with Crippen LogP contribution in [-0.4, -0.2) is 15.5 Å². The van der Waals surface area contributed by atoms with Crippen molar-refractivity contribution in [2.75, 3.05) is 0 Å². The first kappa shape index (κ1) is 14.7. The molecular weight excluding hydrogens is 322 g/mol. The number of halogens is 1. The van der Waals surface area contributed by atoms with Crippen molar-refractivity contribution in [3.05, 3.63) is 63.0 Å². The second-order valence-corrected chi connectivity index (χ2v) is 6.05. The summed E-state index contributed by atoms with van der Waals surface area (Å²) in [6.45, 7) is 0.306. The molecule has 0 saturated carbocycles. The van der Waals surface area contributed by atoms with E-state index in [2.05, 4.69) is 10.3 Å². The number of thiophene rings is 1. The van der Waals surface area contributed by atoms with Gasteiger partial charge in [0.05, 0.1) is 11.7 Å². The fourth-order valence-electron chi connectivity index (χ4n) is 2.06. The van der Waals surface area contributed by atoms with Gasteiger partial charge in [-0.15, -0.1) is 11.3 Å². The normalized spacial score (nSPS) is 10.8. The van der Waals surface area contributed by atoms with E-state index in [0.717, 1.165) is 5.56 Å². The van der Waals surface area contributed by atoms with Crippen LogP contribution in [0.2, 0.25) is 5.02 Å². The number of carbonyl (C=O) groups excluding carboxylic acids is 1. The summed E-state index contributed by atoms with van der Waals surface area (Å²) in [5.74, 6) is -0.251. The van der Waals surface area contributed by atoms with Crippen molar-refractivity contribution in [2.45, 2.75) is 13.1 Å². The Bertz CT molecular complexity index is 888. The topological polar surface area (TPSA) is 64.0 Å². The molecule has 0 unspecified atom stereocenters. The zero-order valence-corrected chi connectivity index (χ0v) is 13.0. The van der Waals surface area contributed by atoms with Gasteiger partial charge in [-0.2, -0.15) is 0 Å². The van der Waals surface area contributed by atoms with E-state index in [1.165, 1.54) is 22.2 Å². The van der Waals surface area contributed by atoms with Crippen LogP contribution >= 0.6 is 22.9 Å². The summed E-state index contributed by atoms with van der Waals surface area (Å²) in [4.78, 5) is 29.0. The molecule has 5 nitrogen and oxygen atoms in total. The fraction of sp³-hybridized carbons (Fsp3) is 0.133. The molecule has 0 aliphatic heterocycles. The predicted octanol–water partition coefficient (Wildman–Crippen LogP) is 2.43. The quantitative estimate of drug-likeness (QED) is 0.797. The van der Waals surface area contributed by atoms with Crippen LogP contribution in [0.1, 0.15) is 5.56 Å². The third kappa shape index (κ3) is 3.18. The predicted molar refractivity (Wildman–Crippen MR) is 87.2 cm³/mol. The van der Waals surface area contributed by atoms with Crippen molar-refractivity contribution >= 4 is 39.1 Å². The van der Waals surface area contributed by atoms with Crippen LogP contribution in [-0.2, 0) is 17.9 Å². The highest BCUT2D eigenvalue weighted by Gasteiger charge is 2.08. The lowest BCUT2D eigenvalue weighted by Gasteiger charge is -2.07. The Labute approximate surface area is 135 Å². The molecule has 0 aliphatic rings. The highest BCUT2D eigenvalue weighted by atomic mass is 35.5. The minimum atomic E-state index is -0.251. The summed E-state index contributed by atoms with van der Waals surface area (Å²) in [5.41, 5.74) is 0.698. The van der Waals surface area contributed by atoms with Gasteiger partial charge in [0.15, 0.2) is 0 Å². The van der Waals surface area contributed by atoms with Crippen molar-refractivity contribution in [1.82, 2.24) is 14.9 Å². The first-order chi connectivity index (χ1) is 10.6. The number of nitrogens with one attached hydrogen (secondary N) is 1. The summed E-state index contributed by atoms with van der Waals surface area (Å²) in [6.07, 6.45) is 1.40. The first-order valence-electron chi connectivity index (χ1n) is 6.57. The Kier molecular flexibility index (Phi) is 4.22. The van der Waals surface area contributed by atoms with E-state index in [1.54, 1.807) is 18.2 Å². The van der Waals surface area contributed by atoms with Gasteiger partial charge in [0.1, 0.15) is 11.4 Å². The van der Waals surface area contributed by atoms with Crippen LogP contribution in [0.5, 0.6) is 0 Å². The molecule has 3 aromatic rings. The average molecular weight is 334 g/mol. The molecule has 3 rings (SSSR count). The van der Waals surface area contributed by atoms with Crippen molar-refractivity contribution in [3.63, 3.8) is 0 Å². The van der Waals surface area contributed by atoms with Crippen LogP contribution in [0.3, 0.4) is 0 Å². The largest absolute Gasteiger partial charge is 0.350 e. The van der Waals surface area contributed by atoms with Gasteiger partial charge in [-0.05, 0) is 29.1 Å². The number of hydrogen-bond donors (Lipinski definition) is 1. The molecule has 1 aromatic carbocycles. The Morgan fingerprint density at radius 3 is 3.05 bits per heavy atom. The zero-order chi connectivity index (χ0) is 15.5. The summed E-state index contributed by atoms with van der Waals surface area (Å²) in [7, 11) is 0. The van der Waals surface area contributed by atoms with Gasteiger partial charge in [0.25, 0.3) is 5.56 Å². The summed E-state index contributed by atoms with van der Waals surface area (Å²) >= 11 is 7.29. The molecule has 0 radical (unpaired) electrons. The molecular formula is C15H12ClN3O2S. The number of hydrogen-bond acceptors (Lipinski definition) is 4. The molecule has 112 valence electrons. The van der Waals surface area contributed by atoms with Crippen LogP contribution in [0, 0.1) is 0 Å². The Morgan fingerprint density at radius 1 is 1.36 bits per heavy atom. The number of benzene rings is 1. The van der Waals surface area contributed by atoms with E-state index in [9.17, 15) is 9.59 Å². The van der Waals surface area contributed by atoms with Gasteiger partial charge in [-0.3, -0.25) is 14.2 Å². The third-order valence-electron chi connectivity index (χ3n) is 3.14.